The van der Waals surface area contributed by atoms with Crippen molar-refractivity contribution < 1.29 is 9.63 Å². The molecular weight excluding hydrogens is 388 g/mol. The molecule has 1 aromatic carbocycles. The van der Waals surface area contributed by atoms with E-state index in [1.807, 2.05) is 43.4 Å². The highest BCUT2D eigenvalue weighted by atomic mass is 127. The molecule has 0 fully saturated rings. The molecule has 20 heavy (non-hydrogen) atoms. The standard InChI is InChI=1S/C11H13IN3O2P.C2H6/c1-7-4-5-9-8(6-7)10(13-15(9)18-12)11(16)14(2)17-3;1-2/h4-6,18H,1-3H3;1-2H3. The lowest BCUT2D eigenvalue weighted by molar-refractivity contribution is -0.0759. The molecule has 1 amide bonds. The monoisotopic (exact) mass is 407 g/mol. The van der Waals surface area contributed by atoms with Crippen LogP contribution < -0.4 is 0 Å². The molecule has 1 aromatic heterocycles. The molecule has 2 aromatic rings. The predicted molar refractivity (Wildman–Crippen MR) is 92.7 cm³/mol. The summed E-state index contributed by atoms with van der Waals surface area (Å²) in [4.78, 5) is 17.1. The highest BCUT2D eigenvalue weighted by Gasteiger charge is 2.20. The van der Waals surface area contributed by atoms with Crippen molar-refractivity contribution in [3.8, 4) is 0 Å². The van der Waals surface area contributed by atoms with E-state index in [9.17, 15) is 4.79 Å². The van der Waals surface area contributed by atoms with Gasteiger partial charge in [-0.1, -0.05) is 25.5 Å². The Balaban J connectivity index is 0.000000956. The highest BCUT2D eigenvalue weighted by Crippen LogP contribution is 2.31. The first-order valence-electron chi connectivity index (χ1n) is 6.26. The van der Waals surface area contributed by atoms with Crippen molar-refractivity contribution >= 4 is 45.2 Å². The molecule has 0 spiro atoms. The van der Waals surface area contributed by atoms with Gasteiger partial charge in [0.2, 0.25) is 0 Å². The molecule has 0 radical (unpaired) electrons. The Morgan fingerprint density at radius 2 is 2.10 bits per heavy atom. The Morgan fingerprint density at radius 3 is 2.65 bits per heavy atom. The van der Waals surface area contributed by atoms with Gasteiger partial charge in [0, 0.05) is 12.4 Å². The van der Waals surface area contributed by atoms with Gasteiger partial charge in [-0.3, -0.25) is 9.63 Å². The zero-order valence-electron chi connectivity index (χ0n) is 12.3. The van der Waals surface area contributed by atoms with Crippen LogP contribution in [-0.2, 0) is 4.84 Å². The number of benzene rings is 1. The highest BCUT2D eigenvalue weighted by molar-refractivity contribution is 14.2. The topological polar surface area (TPSA) is 47.4 Å². The van der Waals surface area contributed by atoms with E-state index in [-0.39, 0.29) is 5.91 Å². The van der Waals surface area contributed by atoms with Crippen LogP contribution in [0.5, 0.6) is 0 Å². The minimum Gasteiger partial charge on any atom is -0.274 e. The number of fused-ring (bicyclic) bond motifs is 1. The second-order valence-corrected chi connectivity index (χ2v) is 5.89. The van der Waals surface area contributed by atoms with E-state index in [2.05, 4.69) is 27.1 Å². The summed E-state index contributed by atoms with van der Waals surface area (Å²) in [6, 6.07) is 5.99. The number of aromatic nitrogens is 2. The van der Waals surface area contributed by atoms with Crippen LogP contribution in [0.1, 0.15) is 29.9 Å². The van der Waals surface area contributed by atoms with Gasteiger partial charge >= 0.3 is 0 Å². The fourth-order valence-electron chi connectivity index (χ4n) is 1.69. The molecule has 0 saturated carbocycles. The first-order chi connectivity index (χ1) is 9.58. The summed E-state index contributed by atoms with van der Waals surface area (Å²) >= 11 is 2.25. The molecule has 0 aliphatic rings. The Bertz CT molecular complexity index is 601. The molecule has 0 aliphatic heterocycles. The van der Waals surface area contributed by atoms with Crippen molar-refractivity contribution in [2.45, 2.75) is 20.8 Å². The van der Waals surface area contributed by atoms with E-state index in [0.717, 1.165) is 16.5 Å². The number of carbonyl (C=O) groups is 1. The molecule has 0 aliphatic carbocycles. The van der Waals surface area contributed by atoms with E-state index in [1.54, 1.807) is 7.05 Å². The maximum atomic E-state index is 12.2. The minimum atomic E-state index is -0.235. The molecular formula is C13H19IN3O2P. The molecule has 7 heteroatoms. The molecule has 2 rings (SSSR count). The third-order valence-corrected chi connectivity index (χ3v) is 4.55. The largest absolute Gasteiger partial charge is 0.298 e. The maximum absolute atomic E-state index is 12.2. The Morgan fingerprint density at radius 1 is 1.45 bits per heavy atom. The number of carbonyl (C=O) groups excluding carboxylic acids is 1. The van der Waals surface area contributed by atoms with Crippen LogP contribution in [0.3, 0.4) is 0 Å². The Hall–Kier alpha value is -0.720. The minimum absolute atomic E-state index is 0.235. The number of halogens is 1. The summed E-state index contributed by atoms with van der Waals surface area (Å²) < 4.78 is 1.84. The summed E-state index contributed by atoms with van der Waals surface area (Å²) in [5.41, 5.74) is 2.51. The van der Waals surface area contributed by atoms with Gasteiger partial charge < -0.3 is 0 Å². The lowest BCUT2D eigenvalue weighted by Crippen LogP contribution is -2.26. The van der Waals surface area contributed by atoms with Crippen molar-refractivity contribution in [2.75, 3.05) is 14.2 Å². The van der Waals surface area contributed by atoms with Crippen LogP contribution in [0.2, 0.25) is 0 Å². The van der Waals surface area contributed by atoms with Gasteiger partial charge in [0.1, 0.15) is 0 Å². The summed E-state index contributed by atoms with van der Waals surface area (Å²) in [6.07, 6.45) is 0.452. The normalized spacial score (nSPS) is 10.7. The van der Waals surface area contributed by atoms with Gasteiger partial charge in [-0.2, -0.15) is 5.10 Å². The first kappa shape index (κ1) is 17.3. The van der Waals surface area contributed by atoms with Crippen LogP contribution in [-0.4, -0.2) is 34.7 Å². The summed E-state index contributed by atoms with van der Waals surface area (Å²) in [5.74, 6) is -0.235. The molecule has 1 atom stereocenters. The lowest BCUT2D eigenvalue weighted by atomic mass is 10.1. The molecule has 0 bridgehead atoms. The Kier molecular flexibility index (Phi) is 6.85. The van der Waals surface area contributed by atoms with E-state index in [1.165, 1.54) is 12.2 Å². The number of rotatable bonds is 3. The fourth-order valence-corrected chi connectivity index (χ4v) is 3.21. The van der Waals surface area contributed by atoms with Gasteiger partial charge in [0.25, 0.3) is 5.91 Å². The third-order valence-electron chi connectivity index (χ3n) is 2.68. The number of nitrogens with zero attached hydrogens (tertiary/aromatic N) is 3. The SMILES string of the molecule is CC.CON(C)C(=O)c1nn(PI)c2ccc(C)cc12. The van der Waals surface area contributed by atoms with Crippen molar-refractivity contribution in [1.29, 1.82) is 0 Å². The molecule has 5 nitrogen and oxygen atoms in total. The molecule has 1 heterocycles. The number of hydroxylamine groups is 2. The lowest BCUT2D eigenvalue weighted by Gasteiger charge is -2.11. The molecule has 1 unspecified atom stereocenters. The quantitative estimate of drug-likeness (QED) is 0.442. The molecule has 110 valence electrons. The average Bonchev–Trinajstić information content (AvgIpc) is 2.85. The predicted octanol–water partition coefficient (Wildman–Crippen LogP) is 3.80. The number of hydrogen-bond donors (Lipinski definition) is 0. The number of hydrogen-bond acceptors (Lipinski definition) is 3. The van der Waals surface area contributed by atoms with Gasteiger partial charge in [-0.15, -0.1) is 0 Å². The molecule has 0 saturated heterocycles. The van der Waals surface area contributed by atoms with E-state index in [4.69, 9.17) is 4.84 Å². The van der Waals surface area contributed by atoms with Crippen molar-refractivity contribution in [3.05, 3.63) is 29.5 Å². The zero-order chi connectivity index (χ0) is 15.3. The maximum Gasteiger partial charge on any atom is 0.298 e. The van der Waals surface area contributed by atoms with Gasteiger partial charge in [-0.25, -0.2) is 9.52 Å². The van der Waals surface area contributed by atoms with Crippen molar-refractivity contribution in [3.63, 3.8) is 0 Å². The smallest absolute Gasteiger partial charge is 0.274 e. The van der Waals surface area contributed by atoms with Crippen molar-refractivity contribution in [1.82, 2.24) is 14.6 Å². The first-order valence-corrected chi connectivity index (χ1v) is 10.3. The zero-order valence-corrected chi connectivity index (χ0v) is 15.4. The van der Waals surface area contributed by atoms with E-state index >= 15 is 0 Å². The van der Waals surface area contributed by atoms with Gasteiger partial charge in [0.15, 0.2) is 5.69 Å². The van der Waals surface area contributed by atoms with Crippen LogP contribution in [0.15, 0.2) is 18.2 Å². The number of amides is 1. The second kappa shape index (κ2) is 7.90. The van der Waals surface area contributed by atoms with Gasteiger partial charge in [-0.05, 0) is 41.1 Å². The summed E-state index contributed by atoms with van der Waals surface area (Å²) in [7, 11) is 3.04. The summed E-state index contributed by atoms with van der Waals surface area (Å²) in [5, 5.41) is 6.42. The van der Waals surface area contributed by atoms with Crippen LogP contribution in [0, 0.1) is 6.92 Å². The fraction of sp³-hybridized carbons (Fsp3) is 0.385. The van der Waals surface area contributed by atoms with E-state index in [0.29, 0.717) is 12.1 Å². The third kappa shape index (κ3) is 3.48. The second-order valence-electron chi connectivity index (χ2n) is 3.85. The van der Waals surface area contributed by atoms with Crippen LogP contribution in [0.25, 0.3) is 10.9 Å². The van der Waals surface area contributed by atoms with Crippen LogP contribution in [0.4, 0.5) is 0 Å². The molecule has 0 N–H and O–H groups in total. The average molecular weight is 407 g/mol. The van der Waals surface area contributed by atoms with E-state index < -0.39 is 0 Å². The number of aryl methyl sites for hydroxylation is 1. The van der Waals surface area contributed by atoms with Gasteiger partial charge in [0.05, 0.1) is 19.0 Å². The summed E-state index contributed by atoms with van der Waals surface area (Å²) in [6.45, 7) is 6.00. The van der Waals surface area contributed by atoms with Crippen LogP contribution >= 0.6 is 28.4 Å². The Labute approximate surface area is 133 Å². The van der Waals surface area contributed by atoms with Crippen molar-refractivity contribution in [2.24, 2.45) is 0 Å².